The highest BCUT2D eigenvalue weighted by atomic mass is 32.1. The molecule has 0 aliphatic rings. The number of hydrogen-bond acceptors (Lipinski definition) is 5. The summed E-state index contributed by atoms with van der Waals surface area (Å²) in [7, 11) is 0. The van der Waals surface area contributed by atoms with E-state index in [1.165, 1.54) is 0 Å². The highest BCUT2D eigenvalue weighted by molar-refractivity contribution is 7.11. The zero-order valence-electron chi connectivity index (χ0n) is 10.2. The smallest absolute Gasteiger partial charge is 0.340 e. The lowest BCUT2D eigenvalue weighted by Gasteiger charge is -2.04. The number of nitrogens with zero attached hydrogens (tertiary/aromatic N) is 3. The van der Waals surface area contributed by atoms with Crippen molar-refractivity contribution in [2.75, 3.05) is 5.32 Å². The largest absolute Gasteiger partial charge is 0.478 e. The van der Waals surface area contributed by atoms with E-state index in [-0.39, 0.29) is 22.9 Å². The molecule has 0 aliphatic heterocycles. The summed E-state index contributed by atoms with van der Waals surface area (Å²) in [6, 6.07) is 1.77. The van der Waals surface area contributed by atoms with Gasteiger partial charge in [0.1, 0.15) is 10.6 Å². The van der Waals surface area contributed by atoms with Crippen LogP contribution in [0.15, 0.2) is 18.5 Å². The van der Waals surface area contributed by atoms with E-state index in [2.05, 4.69) is 14.8 Å². The molecule has 0 radical (unpaired) electrons. The number of hydrogen-bond donors (Lipinski definition) is 2. The monoisotopic (exact) mass is 280 g/mol. The van der Waals surface area contributed by atoms with Crippen molar-refractivity contribution in [3.63, 3.8) is 0 Å². The summed E-state index contributed by atoms with van der Waals surface area (Å²) in [5, 5.41) is 15.9. The Balaban J connectivity index is 1.97. The van der Waals surface area contributed by atoms with Crippen molar-refractivity contribution < 1.29 is 14.7 Å². The van der Waals surface area contributed by atoms with Crippen molar-refractivity contribution >= 4 is 28.4 Å². The molecular weight excluding hydrogens is 268 g/mol. The summed E-state index contributed by atoms with van der Waals surface area (Å²) in [6.07, 6.45) is 3.61. The van der Waals surface area contributed by atoms with Gasteiger partial charge in [-0.05, 0) is 24.5 Å². The molecule has 0 aromatic carbocycles. The molecule has 0 bridgehead atoms. The third-order valence-corrected chi connectivity index (χ3v) is 3.31. The molecule has 0 fully saturated rings. The van der Waals surface area contributed by atoms with E-state index in [1.54, 1.807) is 30.1 Å². The van der Waals surface area contributed by atoms with Gasteiger partial charge in [0.25, 0.3) is 0 Å². The van der Waals surface area contributed by atoms with Crippen LogP contribution >= 0.6 is 11.5 Å². The number of aromatic nitrogens is 3. The van der Waals surface area contributed by atoms with Gasteiger partial charge in [0.2, 0.25) is 5.91 Å². The van der Waals surface area contributed by atoms with Crippen LogP contribution in [0.2, 0.25) is 0 Å². The van der Waals surface area contributed by atoms with Crippen LogP contribution in [0.25, 0.3) is 0 Å². The van der Waals surface area contributed by atoms with E-state index in [1.807, 2.05) is 0 Å². The number of carboxylic acid groups (broad SMARTS) is 1. The van der Waals surface area contributed by atoms with E-state index in [0.717, 1.165) is 11.5 Å². The minimum Gasteiger partial charge on any atom is -0.478 e. The second-order valence-electron chi connectivity index (χ2n) is 3.84. The van der Waals surface area contributed by atoms with E-state index in [4.69, 9.17) is 5.11 Å². The maximum Gasteiger partial charge on any atom is 0.340 e. The number of rotatable bonds is 5. The van der Waals surface area contributed by atoms with Gasteiger partial charge in [-0.2, -0.15) is 9.47 Å². The van der Waals surface area contributed by atoms with Crippen molar-refractivity contribution in [1.29, 1.82) is 0 Å². The van der Waals surface area contributed by atoms with Gasteiger partial charge in [0, 0.05) is 25.4 Å². The highest BCUT2D eigenvalue weighted by Crippen LogP contribution is 2.24. The van der Waals surface area contributed by atoms with Crippen molar-refractivity contribution in [3.05, 3.63) is 29.7 Å². The minimum atomic E-state index is -1.09. The first kappa shape index (κ1) is 13.2. The zero-order valence-corrected chi connectivity index (χ0v) is 11.0. The molecule has 0 unspecified atom stereocenters. The van der Waals surface area contributed by atoms with Crippen molar-refractivity contribution in [2.24, 2.45) is 0 Å². The number of aryl methyl sites for hydroxylation is 2. The fraction of sp³-hybridized carbons (Fsp3) is 0.273. The van der Waals surface area contributed by atoms with Crippen LogP contribution in [0.5, 0.6) is 0 Å². The quantitative estimate of drug-likeness (QED) is 0.862. The first-order chi connectivity index (χ1) is 9.08. The second kappa shape index (κ2) is 5.61. The topological polar surface area (TPSA) is 97.1 Å². The molecule has 0 saturated carbocycles. The molecule has 8 heteroatoms. The Morgan fingerprint density at radius 2 is 2.32 bits per heavy atom. The van der Waals surface area contributed by atoms with Crippen molar-refractivity contribution in [3.8, 4) is 0 Å². The molecule has 0 spiro atoms. The first-order valence-electron chi connectivity index (χ1n) is 5.55. The van der Waals surface area contributed by atoms with Gasteiger partial charge in [-0.15, -0.1) is 0 Å². The number of anilines is 1. The molecule has 100 valence electrons. The Bertz CT molecular complexity index is 591. The first-order valence-corrected chi connectivity index (χ1v) is 6.32. The third-order valence-electron chi connectivity index (χ3n) is 2.46. The van der Waals surface area contributed by atoms with E-state index in [9.17, 15) is 9.59 Å². The SMILES string of the molecule is Cc1nsc(NC(=O)CCn2cccn2)c1C(=O)O. The van der Waals surface area contributed by atoms with Crippen LogP contribution < -0.4 is 5.32 Å². The number of carboxylic acids is 1. The Labute approximate surface area is 113 Å². The summed E-state index contributed by atoms with van der Waals surface area (Å²) in [5.74, 6) is -1.35. The van der Waals surface area contributed by atoms with Gasteiger partial charge >= 0.3 is 5.97 Å². The standard InChI is InChI=1S/C11H12N4O3S/c1-7-9(11(17)18)10(19-14-7)13-8(16)3-6-15-5-2-4-12-15/h2,4-5H,3,6H2,1H3,(H,13,16)(H,17,18). The number of aromatic carboxylic acids is 1. The number of carbonyl (C=O) groups is 2. The molecule has 2 heterocycles. The Morgan fingerprint density at radius 3 is 2.95 bits per heavy atom. The van der Waals surface area contributed by atoms with Crippen LogP contribution in [-0.2, 0) is 11.3 Å². The molecule has 2 aromatic rings. The molecule has 0 aliphatic carbocycles. The summed E-state index contributed by atoms with van der Waals surface area (Å²) >= 11 is 0.971. The maximum atomic E-state index is 11.7. The van der Waals surface area contributed by atoms with Crippen LogP contribution in [0.4, 0.5) is 5.00 Å². The summed E-state index contributed by atoms with van der Waals surface area (Å²) in [5.41, 5.74) is 0.456. The molecule has 2 rings (SSSR count). The van der Waals surface area contributed by atoms with Gasteiger partial charge in [0.05, 0.1) is 5.69 Å². The molecule has 7 nitrogen and oxygen atoms in total. The van der Waals surface area contributed by atoms with Gasteiger partial charge in [-0.3, -0.25) is 9.48 Å². The Kier molecular flexibility index (Phi) is 3.91. The molecule has 0 saturated heterocycles. The molecule has 2 aromatic heterocycles. The minimum absolute atomic E-state index is 0.0532. The van der Waals surface area contributed by atoms with Crippen molar-refractivity contribution in [2.45, 2.75) is 19.9 Å². The van der Waals surface area contributed by atoms with E-state index in [0.29, 0.717) is 12.2 Å². The predicted octanol–water partition coefficient (Wildman–Crippen LogP) is 1.38. The van der Waals surface area contributed by atoms with Gasteiger partial charge in [-0.25, -0.2) is 4.79 Å². The van der Waals surface area contributed by atoms with E-state index < -0.39 is 5.97 Å². The van der Waals surface area contributed by atoms with Gasteiger partial charge in [0.15, 0.2) is 0 Å². The molecule has 2 N–H and O–H groups in total. The lowest BCUT2D eigenvalue weighted by atomic mass is 10.2. The van der Waals surface area contributed by atoms with E-state index >= 15 is 0 Å². The summed E-state index contributed by atoms with van der Waals surface area (Å²) in [4.78, 5) is 22.8. The normalized spacial score (nSPS) is 10.4. The lowest BCUT2D eigenvalue weighted by Crippen LogP contribution is -2.15. The molecule has 0 atom stereocenters. The average molecular weight is 280 g/mol. The number of amides is 1. The second-order valence-corrected chi connectivity index (χ2v) is 4.62. The third kappa shape index (κ3) is 3.16. The van der Waals surface area contributed by atoms with Crippen LogP contribution in [0.1, 0.15) is 22.5 Å². The van der Waals surface area contributed by atoms with Crippen LogP contribution in [0, 0.1) is 6.92 Å². The molecule has 19 heavy (non-hydrogen) atoms. The predicted molar refractivity (Wildman–Crippen MR) is 69.3 cm³/mol. The number of carbonyl (C=O) groups excluding carboxylic acids is 1. The molecule has 1 amide bonds. The average Bonchev–Trinajstić information content (AvgIpc) is 2.96. The maximum absolute atomic E-state index is 11.7. The highest BCUT2D eigenvalue weighted by Gasteiger charge is 2.18. The van der Waals surface area contributed by atoms with Crippen LogP contribution in [-0.4, -0.2) is 31.1 Å². The Hall–Kier alpha value is -2.22. The molecular formula is C11H12N4O3S. The van der Waals surface area contributed by atoms with Gasteiger partial charge in [-0.1, -0.05) is 0 Å². The summed E-state index contributed by atoms with van der Waals surface area (Å²) in [6.45, 7) is 2.04. The fourth-order valence-corrected chi connectivity index (χ4v) is 2.35. The lowest BCUT2D eigenvalue weighted by molar-refractivity contribution is -0.116. The number of nitrogens with one attached hydrogen (secondary N) is 1. The van der Waals surface area contributed by atoms with Crippen LogP contribution in [0.3, 0.4) is 0 Å². The van der Waals surface area contributed by atoms with Crippen molar-refractivity contribution in [1.82, 2.24) is 14.2 Å². The Morgan fingerprint density at radius 1 is 1.53 bits per heavy atom. The zero-order chi connectivity index (χ0) is 13.8. The fourth-order valence-electron chi connectivity index (χ4n) is 1.54. The summed E-state index contributed by atoms with van der Waals surface area (Å²) < 4.78 is 5.56. The van der Waals surface area contributed by atoms with Gasteiger partial charge < -0.3 is 10.4 Å².